The van der Waals surface area contributed by atoms with Crippen LogP contribution in [0.2, 0.25) is 0 Å². The molecule has 1 heterocycles. The van der Waals surface area contributed by atoms with Crippen LogP contribution in [0.15, 0.2) is 12.5 Å². The summed E-state index contributed by atoms with van der Waals surface area (Å²) in [6.45, 7) is 0.928. The highest BCUT2D eigenvalue weighted by atomic mass is 16.4. The normalized spacial score (nSPS) is 15.5. The van der Waals surface area contributed by atoms with Gasteiger partial charge in [0.1, 0.15) is 18.1 Å². The molecule has 0 aliphatic carbocycles. The van der Waals surface area contributed by atoms with Gasteiger partial charge in [-0.15, -0.1) is 0 Å². The third kappa shape index (κ3) is 9.53. The van der Waals surface area contributed by atoms with Crippen molar-refractivity contribution in [3.8, 4) is 0 Å². The highest BCUT2D eigenvalue weighted by Crippen LogP contribution is 2.06. The summed E-state index contributed by atoms with van der Waals surface area (Å²) in [6, 6.07) is -5.16. The Morgan fingerprint density at radius 2 is 1.73 bits per heavy atom. The molecule has 0 saturated carbocycles. The fourth-order valence-corrected chi connectivity index (χ4v) is 2.86. The Morgan fingerprint density at radius 1 is 1.09 bits per heavy atom. The number of amides is 3. The highest BCUT2D eigenvalue weighted by Gasteiger charge is 2.31. The van der Waals surface area contributed by atoms with Gasteiger partial charge in [-0.05, 0) is 32.7 Å². The molecule has 1 rings (SSSR count). The Morgan fingerprint density at radius 3 is 2.24 bits per heavy atom. The van der Waals surface area contributed by atoms with Crippen LogP contribution in [-0.4, -0.2) is 92.4 Å². The Bertz CT molecular complexity index is 773. The maximum atomic E-state index is 13.0. The van der Waals surface area contributed by atoms with Crippen LogP contribution in [0.1, 0.15) is 31.9 Å². The summed E-state index contributed by atoms with van der Waals surface area (Å²) in [5.74, 6) is -3.76. The first-order chi connectivity index (χ1) is 15.6. The van der Waals surface area contributed by atoms with Crippen molar-refractivity contribution in [1.82, 2.24) is 25.9 Å². The SMILES string of the molecule is CC(O)C(NC(=O)C(CCCCN)NC(=O)C(Cc1cnc[nH]1)NC(=O)C(N)CO)C(=O)O. The number of carbonyl (C=O) groups is 4. The number of imidazole rings is 1. The third-order valence-electron chi connectivity index (χ3n) is 4.77. The van der Waals surface area contributed by atoms with E-state index in [0.29, 0.717) is 25.1 Å². The topological polar surface area (TPSA) is 246 Å². The Hall–Kier alpha value is -3.07. The molecule has 0 aliphatic heterocycles. The number of hydrogen-bond donors (Lipinski definition) is 9. The molecule has 3 amide bonds. The fourth-order valence-electron chi connectivity index (χ4n) is 2.86. The molecule has 0 saturated heterocycles. The number of aliphatic hydroxyl groups excluding tert-OH is 2. The third-order valence-corrected chi connectivity index (χ3v) is 4.77. The number of hydrogen-bond acceptors (Lipinski definition) is 9. The second kappa shape index (κ2) is 14.2. The van der Waals surface area contributed by atoms with Gasteiger partial charge in [0.15, 0.2) is 6.04 Å². The van der Waals surface area contributed by atoms with E-state index in [4.69, 9.17) is 16.6 Å². The summed E-state index contributed by atoms with van der Waals surface area (Å²) < 4.78 is 0. The molecule has 33 heavy (non-hydrogen) atoms. The van der Waals surface area contributed by atoms with Crippen LogP contribution in [-0.2, 0) is 25.6 Å². The molecule has 5 atom stereocenters. The number of carbonyl (C=O) groups excluding carboxylic acids is 3. The van der Waals surface area contributed by atoms with Crippen molar-refractivity contribution in [1.29, 1.82) is 0 Å². The number of unbranched alkanes of at least 4 members (excludes halogenated alkanes) is 1. The molecule has 0 bridgehead atoms. The summed E-state index contributed by atoms with van der Waals surface area (Å²) in [7, 11) is 0. The van der Waals surface area contributed by atoms with E-state index in [1.54, 1.807) is 0 Å². The van der Waals surface area contributed by atoms with Gasteiger partial charge in [0.2, 0.25) is 17.7 Å². The van der Waals surface area contributed by atoms with E-state index in [0.717, 1.165) is 0 Å². The average molecular weight is 472 g/mol. The van der Waals surface area contributed by atoms with Crippen LogP contribution < -0.4 is 27.4 Å². The molecule has 0 aliphatic rings. The van der Waals surface area contributed by atoms with Crippen molar-refractivity contribution in [2.24, 2.45) is 11.5 Å². The van der Waals surface area contributed by atoms with Gasteiger partial charge in [0.25, 0.3) is 0 Å². The summed E-state index contributed by atoms with van der Waals surface area (Å²) in [5, 5.41) is 35.1. The van der Waals surface area contributed by atoms with E-state index in [1.807, 2.05) is 0 Å². The molecule has 0 spiro atoms. The van der Waals surface area contributed by atoms with E-state index in [1.165, 1.54) is 19.4 Å². The number of rotatable bonds is 15. The van der Waals surface area contributed by atoms with E-state index in [2.05, 4.69) is 25.9 Å². The molecule has 0 aromatic carbocycles. The molecule has 14 heteroatoms. The van der Waals surface area contributed by atoms with Crippen molar-refractivity contribution in [3.05, 3.63) is 18.2 Å². The number of aliphatic carboxylic acids is 1. The molecule has 5 unspecified atom stereocenters. The van der Waals surface area contributed by atoms with E-state index in [-0.39, 0.29) is 12.8 Å². The van der Waals surface area contributed by atoms with Crippen molar-refractivity contribution >= 4 is 23.7 Å². The van der Waals surface area contributed by atoms with E-state index in [9.17, 15) is 29.4 Å². The Kier molecular flexibility index (Phi) is 12.0. The van der Waals surface area contributed by atoms with Crippen LogP contribution >= 0.6 is 0 Å². The summed E-state index contributed by atoms with van der Waals surface area (Å²) in [5.41, 5.74) is 11.5. The predicted octanol–water partition coefficient (Wildman–Crippen LogP) is -3.68. The lowest BCUT2D eigenvalue weighted by Crippen LogP contribution is -2.58. The number of H-pyrrole nitrogens is 1. The molecule has 11 N–H and O–H groups in total. The largest absolute Gasteiger partial charge is 0.480 e. The number of nitrogens with zero attached hydrogens (tertiary/aromatic N) is 1. The number of nitrogens with two attached hydrogens (primary N) is 2. The van der Waals surface area contributed by atoms with Crippen LogP contribution in [0.25, 0.3) is 0 Å². The Balaban J connectivity index is 3.02. The van der Waals surface area contributed by atoms with Crippen LogP contribution in [0.4, 0.5) is 0 Å². The average Bonchev–Trinajstić information content (AvgIpc) is 3.28. The lowest BCUT2D eigenvalue weighted by molar-refractivity contribution is -0.145. The minimum absolute atomic E-state index is 0.0156. The number of nitrogens with one attached hydrogen (secondary N) is 4. The minimum Gasteiger partial charge on any atom is -0.480 e. The number of carboxylic acids is 1. The maximum Gasteiger partial charge on any atom is 0.328 e. The predicted molar refractivity (Wildman–Crippen MR) is 115 cm³/mol. The standard InChI is InChI=1S/C19H33N7O7/c1-10(28)15(19(32)33)26-17(30)13(4-2-3-5-20)24-18(31)14(6-11-7-22-9-23-11)25-16(29)12(21)8-27/h7,9-10,12-15,27-28H,2-6,8,20-21H2,1H3,(H,22,23)(H,24,31)(H,25,29)(H,26,30)(H,32,33). The molecule has 1 aromatic rings. The molecular weight excluding hydrogens is 438 g/mol. The van der Waals surface area contributed by atoms with E-state index < -0.39 is 60.6 Å². The molecule has 14 nitrogen and oxygen atoms in total. The Labute approximate surface area is 190 Å². The maximum absolute atomic E-state index is 13.0. The lowest BCUT2D eigenvalue weighted by Gasteiger charge is -2.25. The molecule has 1 aromatic heterocycles. The van der Waals surface area contributed by atoms with Crippen molar-refractivity contribution < 1.29 is 34.5 Å². The number of aromatic nitrogens is 2. The molecule has 186 valence electrons. The van der Waals surface area contributed by atoms with Crippen LogP contribution in [0, 0.1) is 0 Å². The van der Waals surface area contributed by atoms with Crippen molar-refractivity contribution in [3.63, 3.8) is 0 Å². The highest BCUT2D eigenvalue weighted by molar-refractivity contribution is 5.94. The van der Waals surface area contributed by atoms with Gasteiger partial charge in [-0.25, -0.2) is 9.78 Å². The zero-order valence-corrected chi connectivity index (χ0v) is 18.4. The number of aliphatic hydroxyl groups is 2. The van der Waals surface area contributed by atoms with E-state index >= 15 is 0 Å². The van der Waals surface area contributed by atoms with Gasteiger partial charge in [0.05, 0.1) is 19.0 Å². The monoisotopic (exact) mass is 471 g/mol. The summed E-state index contributed by atoms with van der Waals surface area (Å²) >= 11 is 0. The summed E-state index contributed by atoms with van der Waals surface area (Å²) in [4.78, 5) is 55.8. The zero-order chi connectivity index (χ0) is 25.0. The first-order valence-corrected chi connectivity index (χ1v) is 10.5. The fraction of sp³-hybridized carbons (Fsp3) is 0.632. The first-order valence-electron chi connectivity index (χ1n) is 10.5. The van der Waals surface area contributed by atoms with Gasteiger partial charge in [-0.1, -0.05) is 0 Å². The second-order valence-electron chi connectivity index (χ2n) is 7.54. The van der Waals surface area contributed by atoms with Gasteiger partial charge >= 0.3 is 5.97 Å². The van der Waals surface area contributed by atoms with Crippen molar-refractivity contribution in [2.75, 3.05) is 13.2 Å². The zero-order valence-electron chi connectivity index (χ0n) is 18.4. The quantitative estimate of drug-likeness (QED) is 0.113. The number of carboxylic acid groups (broad SMARTS) is 1. The number of aromatic amines is 1. The second-order valence-corrected chi connectivity index (χ2v) is 7.54. The minimum atomic E-state index is -1.57. The lowest BCUT2D eigenvalue weighted by atomic mass is 10.0. The first kappa shape index (κ1) is 28.0. The van der Waals surface area contributed by atoms with Gasteiger partial charge < -0.3 is 47.7 Å². The van der Waals surface area contributed by atoms with Crippen LogP contribution in [0.5, 0.6) is 0 Å². The molecular formula is C19H33N7O7. The van der Waals surface area contributed by atoms with Crippen LogP contribution in [0.3, 0.4) is 0 Å². The van der Waals surface area contributed by atoms with Gasteiger partial charge in [-0.2, -0.15) is 0 Å². The molecule has 0 radical (unpaired) electrons. The summed E-state index contributed by atoms with van der Waals surface area (Å²) in [6.07, 6.45) is 2.59. The smallest absolute Gasteiger partial charge is 0.328 e. The van der Waals surface area contributed by atoms with Crippen molar-refractivity contribution in [2.45, 2.75) is 62.9 Å². The van der Waals surface area contributed by atoms with Gasteiger partial charge in [-0.3, -0.25) is 14.4 Å². The van der Waals surface area contributed by atoms with Gasteiger partial charge in [0, 0.05) is 18.3 Å². The molecule has 0 fully saturated rings.